The molecule has 1 aliphatic heterocycles. The Kier molecular flexibility index (Phi) is 6.53. The molecule has 0 atom stereocenters. The lowest BCUT2D eigenvalue weighted by atomic mass is 10.0. The van der Waals surface area contributed by atoms with Gasteiger partial charge in [0.1, 0.15) is 0 Å². The molecule has 24 heavy (non-hydrogen) atoms. The fraction of sp³-hybridized carbons (Fsp3) is 0.526. The molecule has 0 spiro atoms. The van der Waals surface area contributed by atoms with Crippen molar-refractivity contribution in [2.45, 2.75) is 39.5 Å². The van der Waals surface area contributed by atoms with E-state index in [1.54, 1.807) is 16.7 Å². The standard InChI is InChI=1S/C19H26N2O3/c1-3-16-5-7-17(8-6-16)18(23)9-10-19(24)21-12-4-11-20(13-14-21)15(2)22/h5-8H,3-4,9-14H2,1-2H3. The van der Waals surface area contributed by atoms with Gasteiger partial charge in [0.2, 0.25) is 11.8 Å². The van der Waals surface area contributed by atoms with Crippen molar-refractivity contribution in [2.24, 2.45) is 0 Å². The van der Waals surface area contributed by atoms with Gasteiger partial charge in [-0.25, -0.2) is 0 Å². The highest BCUT2D eigenvalue weighted by molar-refractivity contribution is 5.98. The van der Waals surface area contributed by atoms with Gasteiger partial charge in [-0.3, -0.25) is 14.4 Å². The number of ketones is 1. The number of Topliss-reactive ketones (excluding diaryl/α,β-unsaturated/α-hetero) is 1. The Labute approximate surface area is 143 Å². The van der Waals surface area contributed by atoms with E-state index < -0.39 is 0 Å². The molecule has 2 amide bonds. The highest BCUT2D eigenvalue weighted by Gasteiger charge is 2.20. The third-order valence-electron chi connectivity index (χ3n) is 4.54. The Balaban J connectivity index is 1.83. The van der Waals surface area contributed by atoms with E-state index in [0.29, 0.717) is 31.7 Å². The van der Waals surface area contributed by atoms with Crippen molar-refractivity contribution in [3.8, 4) is 0 Å². The Bertz CT molecular complexity index is 595. The van der Waals surface area contributed by atoms with Crippen LogP contribution in [0.1, 0.15) is 49.0 Å². The van der Waals surface area contributed by atoms with Crippen molar-refractivity contribution >= 4 is 17.6 Å². The molecule has 0 radical (unpaired) electrons. The van der Waals surface area contributed by atoms with E-state index in [1.165, 1.54) is 5.56 Å². The number of aryl methyl sites for hydroxylation is 1. The molecule has 5 nitrogen and oxygen atoms in total. The lowest BCUT2D eigenvalue weighted by molar-refractivity contribution is -0.132. The van der Waals surface area contributed by atoms with Gasteiger partial charge >= 0.3 is 0 Å². The predicted molar refractivity (Wildman–Crippen MR) is 92.8 cm³/mol. The molecule has 0 aromatic heterocycles. The van der Waals surface area contributed by atoms with Crippen molar-refractivity contribution in [1.82, 2.24) is 9.80 Å². The van der Waals surface area contributed by atoms with Crippen LogP contribution in [0.4, 0.5) is 0 Å². The maximum Gasteiger partial charge on any atom is 0.223 e. The molecule has 1 saturated heterocycles. The smallest absolute Gasteiger partial charge is 0.223 e. The van der Waals surface area contributed by atoms with Gasteiger partial charge in [-0.2, -0.15) is 0 Å². The summed E-state index contributed by atoms with van der Waals surface area (Å²) in [5.41, 5.74) is 1.86. The molecule has 0 saturated carbocycles. The van der Waals surface area contributed by atoms with Crippen LogP contribution < -0.4 is 0 Å². The number of carbonyl (C=O) groups is 3. The minimum absolute atomic E-state index is 0.000990. The number of rotatable bonds is 5. The summed E-state index contributed by atoms with van der Waals surface area (Å²) in [7, 11) is 0. The lowest BCUT2D eigenvalue weighted by Gasteiger charge is -2.21. The summed E-state index contributed by atoms with van der Waals surface area (Å²) in [4.78, 5) is 39.5. The minimum atomic E-state index is -0.000990. The quantitative estimate of drug-likeness (QED) is 0.778. The molecular weight excluding hydrogens is 304 g/mol. The molecule has 1 heterocycles. The molecule has 0 bridgehead atoms. The molecule has 0 aliphatic carbocycles. The SMILES string of the molecule is CCc1ccc(C(=O)CCC(=O)N2CCCN(C(C)=O)CC2)cc1. The van der Waals surface area contributed by atoms with Crippen LogP contribution in [0.25, 0.3) is 0 Å². The molecule has 5 heteroatoms. The number of carbonyl (C=O) groups excluding carboxylic acids is 3. The average molecular weight is 330 g/mol. The predicted octanol–water partition coefficient (Wildman–Crippen LogP) is 2.29. The fourth-order valence-electron chi connectivity index (χ4n) is 2.93. The van der Waals surface area contributed by atoms with E-state index in [0.717, 1.165) is 12.8 Å². The largest absolute Gasteiger partial charge is 0.341 e. The van der Waals surface area contributed by atoms with E-state index in [-0.39, 0.29) is 30.4 Å². The van der Waals surface area contributed by atoms with E-state index >= 15 is 0 Å². The van der Waals surface area contributed by atoms with Gasteiger partial charge in [0.25, 0.3) is 0 Å². The first kappa shape index (κ1) is 18.2. The molecule has 2 rings (SSSR count). The average Bonchev–Trinajstić information content (AvgIpc) is 2.85. The van der Waals surface area contributed by atoms with Crippen LogP contribution in [0.5, 0.6) is 0 Å². The third-order valence-corrected chi connectivity index (χ3v) is 4.54. The third kappa shape index (κ3) is 4.91. The van der Waals surface area contributed by atoms with Crippen molar-refractivity contribution < 1.29 is 14.4 Å². The topological polar surface area (TPSA) is 57.7 Å². The van der Waals surface area contributed by atoms with Gasteiger partial charge < -0.3 is 9.80 Å². The Morgan fingerprint density at radius 1 is 0.917 bits per heavy atom. The van der Waals surface area contributed by atoms with E-state index in [2.05, 4.69) is 6.92 Å². The maximum absolute atomic E-state index is 12.3. The summed E-state index contributed by atoms with van der Waals surface area (Å²) >= 11 is 0. The van der Waals surface area contributed by atoms with Crippen LogP contribution in [0.2, 0.25) is 0 Å². The number of hydrogen-bond acceptors (Lipinski definition) is 3. The van der Waals surface area contributed by atoms with Crippen LogP contribution in [0.3, 0.4) is 0 Å². The molecule has 0 N–H and O–H groups in total. The van der Waals surface area contributed by atoms with E-state index in [1.807, 2.05) is 24.3 Å². The molecule has 1 aliphatic rings. The molecule has 1 aromatic rings. The molecule has 1 aromatic carbocycles. The Morgan fingerprint density at radius 2 is 1.54 bits per heavy atom. The number of benzene rings is 1. The van der Waals surface area contributed by atoms with Crippen molar-refractivity contribution in [3.63, 3.8) is 0 Å². The van der Waals surface area contributed by atoms with Crippen LogP contribution in [0.15, 0.2) is 24.3 Å². The van der Waals surface area contributed by atoms with Crippen LogP contribution in [-0.4, -0.2) is 53.6 Å². The molecule has 130 valence electrons. The normalized spacial score (nSPS) is 15.1. The van der Waals surface area contributed by atoms with E-state index in [9.17, 15) is 14.4 Å². The summed E-state index contributed by atoms with van der Waals surface area (Å²) < 4.78 is 0. The zero-order valence-electron chi connectivity index (χ0n) is 14.6. The number of nitrogens with zero attached hydrogens (tertiary/aromatic N) is 2. The van der Waals surface area contributed by atoms with Crippen molar-refractivity contribution in [1.29, 1.82) is 0 Å². The number of hydrogen-bond donors (Lipinski definition) is 0. The maximum atomic E-state index is 12.3. The molecular formula is C19H26N2O3. The van der Waals surface area contributed by atoms with Crippen LogP contribution in [0, 0.1) is 0 Å². The van der Waals surface area contributed by atoms with Crippen molar-refractivity contribution in [2.75, 3.05) is 26.2 Å². The second kappa shape index (κ2) is 8.62. The fourth-order valence-corrected chi connectivity index (χ4v) is 2.93. The Morgan fingerprint density at radius 3 is 2.17 bits per heavy atom. The summed E-state index contributed by atoms with van der Waals surface area (Å²) in [5.74, 6) is 0.0557. The molecule has 0 unspecified atom stereocenters. The zero-order chi connectivity index (χ0) is 17.5. The first-order valence-corrected chi connectivity index (χ1v) is 8.66. The van der Waals surface area contributed by atoms with Crippen LogP contribution >= 0.6 is 0 Å². The van der Waals surface area contributed by atoms with Gasteiger partial charge in [-0.1, -0.05) is 31.2 Å². The minimum Gasteiger partial charge on any atom is -0.341 e. The monoisotopic (exact) mass is 330 g/mol. The summed E-state index contributed by atoms with van der Waals surface area (Å²) in [6.45, 7) is 6.11. The summed E-state index contributed by atoms with van der Waals surface area (Å²) in [5, 5.41) is 0. The first-order valence-electron chi connectivity index (χ1n) is 8.66. The van der Waals surface area contributed by atoms with Gasteiger partial charge in [0.15, 0.2) is 5.78 Å². The second-order valence-corrected chi connectivity index (χ2v) is 6.21. The van der Waals surface area contributed by atoms with Crippen LogP contribution in [-0.2, 0) is 16.0 Å². The first-order chi connectivity index (χ1) is 11.5. The summed E-state index contributed by atoms with van der Waals surface area (Å²) in [6, 6.07) is 7.59. The van der Waals surface area contributed by atoms with Gasteiger partial charge in [0, 0.05) is 51.5 Å². The summed E-state index contributed by atoms with van der Waals surface area (Å²) in [6.07, 6.45) is 2.20. The Hall–Kier alpha value is -2.17. The van der Waals surface area contributed by atoms with Gasteiger partial charge in [-0.15, -0.1) is 0 Å². The van der Waals surface area contributed by atoms with Crippen molar-refractivity contribution in [3.05, 3.63) is 35.4 Å². The zero-order valence-corrected chi connectivity index (χ0v) is 14.6. The van der Waals surface area contributed by atoms with Gasteiger partial charge in [0.05, 0.1) is 0 Å². The molecule has 1 fully saturated rings. The number of amides is 2. The highest BCUT2D eigenvalue weighted by atomic mass is 16.2. The lowest BCUT2D eigenvalue weighted by Crippen LogP contribution is -2.36. The van der Waals surface area contributed by atoms with E-state index in [4.69, 9.17) is 0 Å². The highest BCUT2D eigenvalue weighted by Crippen LogP contribution is 2.11. The van der Waals surface area contributed by atoms with Gasteiger partial charge in [-0.05, 0) is 18.4 Å². The second-order valence-electron chi connectivity index (χ2n) is 6.21.